The van der Waals surface area contributed by atoms with Crippen molar-refractivity contribution in [2.75, 3.05) is 0 Å². The van der Waals surface area contributed by atoms with Gasteiger partial charge in [-0.05, 0) is 37.5 Å². The van der Waals surface area contributed by atoms with Crippen molar-refractivity contribution in [3.63, 3.8) is 0 Å². The minimum absolute atomic E-state index is 0.460. The van der Waals surface area contributed by atoms with Crippen LogP contribution in [0.3, 0.4) is 0 Å². The molecule has 0 bridgehead atoms. The van der Waals surface area contributed by atoms with Gasteiger partial charge in [0.15, 0.2) is 0 Å². The highest BCUT2D eigenvalue weighted by molar-refractivity contribution is 9.10. The largest absolute Gasteiger partial charge is 0.472 e. The summed E-state index contributed by atoms with van der Waals surface area (Å²) < 4.78 is 6.86. The molecule has 20 heavy (non-hydrogen) atoms. The van der Waals surface area contributed by atoms with Gasteiger partial charge in [0.1, 0.15) is 17.6 Å². The Labute approximate surface area is 131 Å². The standard InChI is InChI=1S/C15H14BrClN2O/c1-9-13(17)18-14(11-5-6-11)19-15(9)20-8-10-3-2-4-12(16)7-10/h2-4,7,11H,5-6,8H2,1H3. The van der Waals surface area contributed by atoms with E-state index < -0.39 is 0 Å². The van der Waals surface area contributed by atoms with Crippen LogP contribution in [-0.2, 0) is 6.61 Å². The molecule has 0 aliphatic heterocycles. The second-order valence-electron chi connectivity index (χ2n) is 5.00. The minimum atomic E-state index is 0.460. The fourth-order valence-corrected chi connectivity index (χ4v) is 2.54. The maximum absolute atomic E-state index is 6.16. The third-order valence-electron chi connectivity index (χ3n) is 3.27. The van der Waals surface area contributed by atoms with Crippen LogP contribution in [0.5, 0.6) is 5.88 Å². The second-order valence-corrected chi connectivity index (χ2v) is 6.27. The molecule has 0 amide bonds. The molecule has 1 aromatic carbocycles. The number of rotatable bonds is 4. The molecule has 1 heterocycles. The number of hydrogen-bond donors (Lipinski definition) is 0. The third kappa shape index (κ3) is 3.13. The Kier molecular flexibility index (Phi) is 3.94. The molecular weight excluding hydrogens is 340 g/mol. The maximum atomic E-state index is 6.16. The molecule has 1 aromatic heterocycles. The first kappa shape index (κ1) is 13.8. The fourth-order valence-electron chi connectivity index (χ4n) is 1.93. The van der Waals surface area contributed by atoms with Gasteiger partial charge in [-0.15, -0.1) is 0 Å². The van der Waals surface area contributed by atoms with Gasteiger partial charge in [0.25, 0.3) is 0 Å². The Morgan fingerprint density at radius 2 is 2.15 bits per heavy atom. The van der Waals surface area contributed by atoms with Gasteiger partial charge in [0.2, 0.25) is 5.88 Å². The first-order chi connectivity index (χ1) is 9.63. The molecule has 0 radical (unpaired) electrons. The Morgan fingerprint density at radius 3 is 2.85 bits per heavy atom. The van der Waals surface area contributed by atoms with Crippen molar-refractivity contribution in [2.45, 2.75) is 32.3 Å². The fraction of sp³-hybridized carbons (Fsp3) is 0.333. The van der Waals surface area contributed by atoms with E-state index in [0.717, 1.165) is 34.3 Å². The van der Waals surface area contributed by atoms with E-state index in [0.29, 0.717) is 23.6 Å². The highest BCUT2D eigenvalue weighted by Crippen LogP contribution is 2.39. The van der Waals surface area contributed by atoms with Crippen LogP contribution in [0.1, 0.15) is 35.7 Å². The lowest BCUT2D eigenvalue weighted by molar-refractivity contribution is 0.289. The van der Waals surface area contributed by atoms with Crippen LogP contribution in [0.2, 0.25) is 5.15 Å². The zero-order valence-electron chi connectivity index (χ0n) is 11.1. The van der Waals surface area contributed by atoms with Crippen LogP contribution < -0.4 is 4.74 Å². The molecule has 2 aromatic rings. The first-order valence-corrected chi connectivity index (χ1v) is 7.72. The van der Waals surface area contributed by atoms with Gasteiger partial charge in [0.05, 0.1) is 0 Å². The summed E-state index contributed by atoms with van der Waals surface area (Å²) in [5.41, 5.74) is 1.88. The van der Waals surface area contributed by atoms with E-state index in [-0.39, 0.29) is 0 Å². The lowest BCUT2D eigenvalue weighted by atomic mass is 10.2. The van der Waals surface area contributed by atoms with E-state index in [1.807, 2.05) is 31.2 Å². The number of benzene rings is 1. The van der Waals surface area contributed by atoms with Crippen LogP contribution in [0.25, 0.3) is 0 Å². The lowest BCUT2D eigenvalue weighted by Crippen LogP contribution is -2.03. The van der Waals surface area contributed by atoms with Gasteiger partial charge in [-0.1, -0.05) is 39.7 Å². The third-order valence-corrected chi connectivity index (χ3v) is 4.13. The van der Waals surface area contributed by atoms with Crippen molar-refractivity contribution in [1.29, 1.82) is 0 Å². The summed E-state index contributed by atoms with van der Waals surface area (Å²) in [6.07, 6.45) is 2.29. The quantitative estimate of drug-likeness (QED) is 0.750. The van der Waals surface area contributed by atoms with E-state index in [2.05, 4.69) is 25.9 Å². The Hall–Kier alpha value is -1.13. The van der Waals surface area contributed by atoms with E-state index in [4.69, 9.17) is 16.3 Å². The average Bonchev–Trinajstić information content (AvgIpc) is 3.25. The van der Waals surface area contributed by atoms with Crippen LogP contribution in [0, 0.1) is 6.92 Å². The monoisotopic (exact) mass is 352 g/mol. The predicted octanol–water partition coefficient (Wildman–Crippen LogP) is 4.66. The van der Waals surface area contributed by atoms with Crippen molar-refractivity contribution in [3.8, 4) is 5.88 Å². The predicted molar refractivity (Wildman–Crippen MR) is 82.2 cm³/mol. The molecule has 1 aliphatic rings. The molecule has 1 saturated carbocycles. The topological polar surface area (TPSA) is 35.0 Å². The van der Waals surface area contributed by atoms with Crippen molar-refractivity contribution in [1.82, 2.24) is 9.97 Å². The summed E-state index contributed by atoms with van der Waals surface area (Å²) in [6, 6.07) is 8.02. The van der Waals surface area contributed by atoms with E-state index in [9.17, 15) is 0 Å². The van der Waals surface area contributed by atoms with E-state index >= 15 is 0 Å². The van der Waals surface area contributed by atoms with E-state index in [1.165, 1.54) is 0 Å². The van der Waals surface area contributed by atoms with Gasteiger partial charge in [-0.2, -0.15) is 4.98 Å². The van der Waals surface area contributed by atoms with Gasteiger partial charge in [-0.3, -0.25) is 0 Å². The number of aromatic nitrogens is 2. The molecule has 0 spiro atoms. The zero-order chi connectivity index (χ0) is 14.1. The van der Waals surface area contributed by atoms with Gasteiger partial charge in [0, 0.05) is 16.0 Å². The summed E-state index contributed by atoms with van der Waals surface area (Å²) >= 11 is 9.61. The van der Waals surface area contributed by atoms with Gasteiger partial charge < -0.3 is 4.74 Å². The summed E-state index contributed by atoms with van der Waals surface area (Å²) in [5.74, 6) is 1.86. The van der Waals surface area contributed by atoms with Crippen molar-refractivity contribution < 1.29 is 4.74 Å². The molecule has 1 fully saturated rings. The SMILES string of the molecule is Cc1c(Cl)nc(C2CC2)nc1OCc1cccc(Br)c1. The summed E-state index contributed by atoms with van der Waals surface area (Å²) in [7, 11) is 0. The molecule has 0 atom stereocenters. The summed E-state index contributed by atoms with van der Waals surface area (Å²) in [6.45, 7) is 2.35. The van der Waals surface area contributed by atoms with Gasteiger partial charge in [-0.25, -0.2) is 4.98 Å². The van der Waals surface area contributed by atoms with Crippen LogP contribution in [0.15, 0.2) is 28.7 Å². The van der Waals surface area contributed by atoms with Crippen LogP contribution in [-0.4, -0.2) is 9.97 Å². The first-order valence-electron chi connectivity index (χ1n) is 6.55. The van der Waals surface area contributed by atoms with Crippen molar-refractivity contribution in [3.05, 3.63) is 50.8 Å². The summed E-state index contributed by atoms with van der Waals surface area (Å²) in [5, 5.41) is 0.492. The average molecular weight is 354 g/mol. The molecular formula is C15H14BrClN2O. The molecule has 1 aliphatic carbocycles. The molecule has 104 valence electrons. The molecule has 0 N–H and O–H groups in total. The highest BCUT2D eigenvalue weighted by atomic mass is 79.9. The molecule has 0 unspecified atom stereocenters. The van der Waals surface area contributed by atoms with Crippen LogP contribution in [0.4, 0.5) is 0 Å². The smallest absolute Gasteiger partial charge is 0.221 e. The molecule has 3 nitrogen and oxygen atoms in total. The highest BCUT2D eigenvalue weighted by Gasteiger charge is 2.28. The molecule has 5 heteroatoms. The Morgan fingerprint density at radius 1 is 1.35 bits per heavy atom. The number of halogens is 2. The van der Waals surface area contributed by atoms with Gasteiger partial charge >= 0.3 is 0 Å². The number of hydrogen-bond acceptors (Lipinski definition) is 3. The van der Waals surface area contributed by atoms with Crippen LogP contribution >= 0.6 is 27.5 Å². The van der Waals surface area contributed by atoms with E-state index in [1.54, 1.807) is 0 Å². The Balaban J connectivity index is 1.79. The lowest BCUT2D eigenvalue weighted by Gasteiger charge is -2.10. The van der Waals surface area contributed by atoms with Crippen molar-refractivity contribution >= 4 is 27.5 Å². The summed E-state index contributed by atoms with van der Waals surface area (Å²) in [4.78, 5) is 8.83. The second kappa shape index (κ2) is 5.70. The van der Waals surface area contributed by atoms with Crippen molar-refractivity contribution in [2.24, 2.45) is 0 Å². The normalized spacial score (nSPS) is 14.3. The minimum Gasteiger partial charge on any atom is -0.472 e. The maximum Gasteiger partial charge on any atom is 0.221 e. The number of ether oxygens (including phenoxy) is 1. The molecule has 3 rings (SSSR count). The zero-order valence-corrected chi connectivity index (χ0v) is 13.4. The number of nitrogens with zero attached hydrogens (tertiary/aromatic N) is 2. The molecule has 0 saturated heterocycles. The Bertz CT molecular complexity index is 644.